The zero-order chi connectivity index (χ0) is 20.8. The van der Waals surface area contributed by atoms with E-state index in [0.29, 0.717) is 6.04 Å². The summed E-state index contributed by atoms with van der Waals surface area (Å²) >= 11 is 9.85. The molecule has 1 aromatic rings. The number of piperidine rings is 1. The van der Waals surface area contributed by atoms with Gasteiger partial charge in [0, 0.05) is 29.0 Å². The lowest BCUT2D eigenvalue weighted by atomic mass is 9.83. The zero-order valence-electron chi connectivity index (χ0n) is 18.0. The Kier molecular flexibility index (Phi) is 8.88. The molecule has 29 heavy (non-hydrogen) atoms. The lowest BCUT2D eigenvalue weighted by Gasteiger charge is -2.37. The van der Waals surface area contributed by atoms with Gasteiger partial charge in [0.15, 0.2) is 0 Å². The van der Waals surface area contributed by atoms with Gasteiger partial charge in [-0.1, -0.05) is 27.5 Å². The second-order valence-electron chi connectivity index (χ2n) is 8.99. The van der Waals surface area contributed by atoms with E-state index in [-0.39, 0.29) is 5.91 Å². The van der Waals surface area contributed by atoms with Crippen LogP contribution in [0.1, 0.15) is 64.4 Å². The lowest BCUT2D eigenvalue weighted by molar-refractivity contribution is -0.131. The molecule has 1 aliphatic carbocycles. The predicted octanol–water partition coefficient (Wildman–Crippen LogP) is 6.17. The molecule has 0 bridgehead atoms. The van der Waals surface area contributed by atoms with E-state index in [9.17, 15) is 4.79 Å². The maximum Gasteiger partial charge on any atom is 0.219 e. The summed E-state index contributed by atoms with van der Waals surface area (Å²) in [7, 11) is 0. The summed E-state index contributed by atoms with van der Waals surface area (Å²) in [5.41, 5.74) is 1.35. The van der Waals surface area contributed by atoms with Crippen molar-refractivity contribution in [3.8, 4) is 0 Å². The Labute approximate surface area is 190 Å². The molecular formula is C24H36BrClN2O. The molecule has 0 unspecified atom stereocenters. The molecule has 1 heterocycles. The van der Waals surface area contributed by atoms with Crippen LogP contribution < -0.4 is 0 Å². The van der Waals surface area contributed by atoms with E-state index in [0.717, 1.165) is 29.8 Å². The monoisotopic (exact) mass is 482 g/mol. The minimum absolute atomic E-state index is 0.239. The number of halogens is 2. The maximum absolute atomic E-state index is 11.8. The van der Waals surface area contributed by atoms with Gasteiger partial charge in [-0.15, -0.1) is 0 Å². The summed E-state index contributed by atoms with van der Waals surface area (Å²) in [5, 5.41) is 0.834. The second kappa shape index (κ2) is 11.2. The van der Waals surface area contributed by atoms with Gasteiger partial charge in [0.25, 0.3) is 0 Å². The van der Waals surface area contributed by atoms with Gasteiger partial charge in [-0.25, -0.2) is 0 Å². The smallest absolute Gasteiger partial charge is 0.219 e. The van der Waals surface area contributed by atoms with Crippen LogP contribution in [0.4, 0.5) is 0 Å². The SMILES string of the molecule is CCN(C(C)=O)C1CCC(CCN2CCC(Cc3cc(Cl)ccc3Br)CC2)CC1. The van der Waals surface area contributed by atoms with Gasteiger partial charge >= 0.3 is 0 Å². The third-order valence-electron chi connectivity index (χ3n) is 7.08. The molecule has 2 fully saturated rings. The van der Waals surface area contributed by atoms with E-state index in [1.807, 2.05) is 6.07 Å². The maximum atomic E-state index is 11.8. The fourth-order valence-electron chi connectivity index (χ4n) is 5.27. The number of rotatable bonds is 7. The molecule has 1 saturated carbocycles. The number of likely N-dealkylation sites (tertiary alicyclic amines) is 1. The first kappa shape index (κ1) is 23.1. The minimum Gasteiger partial charge on any atom is -0.340 e. The first-order valence-electron chi connectivity index (χ1n) is 11.4. The van der Waals surface area contributed by atoms with Crippen molar-refractivity contribution in [1.29, 1.82) is 0 Å². The molecule has 1 aliphatic heterocycles. The third kappa shape index (κ3) is 6.70. The molecule has 1 aromatic carbocycles. The normalized spacial score (nSPS) is 23.9. The van der Waals surface area contributed by atoms with Gasteiger partial charge in [-0.2, -0.15) is 0 Å². The van der Waals surface area contributed by atoms with E-state index in [1.165, 1.54) is 74.6 Å². The summed E-state index contributed by atoms with van der Waals surface area (Å²) in [6, 6.07) is 6.61. The Morgan fingerprint density at radius 2 is 1.83 bits per heavy atom. The Morgan fingerprint density at radius 3 is 2.45 bits per heavy atom. The Bertz CT molecular complexity index is 667. The number of hydrogen-bond acceptors (Lipinski definition) is 2. The summed E-state index contributed by atoms with van der Waals surface area (Å²) < 4.78 is 1.19. The van der Waals surface area contributed by atoms with Crippen LogP contribution in [0.25, 0.3) is 0 Å². The minimum atomic E-state index is 0.239. The van der Waals surface area contributed by atoms with E-state index in [1.54, 1.807) is 6.92 Å². The third-order valence-corrected chi connectivity index (χ3v) is 8.09. The van der Waals surface area contributed by atoms with E-state index < -0.39 is 0 Å². The second-order valence-corrected chi connectivity index (χ2v) is 10.3. The summed E-state index contributed by atoms with van der Waals surface area (Å²) in [6.45, 7) is 8.36. The van der Waals surface area contributed by atoms with E-state index in [4.69, 9.17) is 11.6 Å². The van der Waals surface area contributed by atoms with Gasteiger partial charge < -0.3 is 9.80 Å². The van der Waals surface area contributed by atoms with Crippen molar-refractivity contribution >= 4 is 33.4 Å². The molecule has 2 aliphatic rings. The van der Waals surface area contributed by atoms with Crippen LogP contribution in [-0.4, -0.2) is 47.9 Å². The highest BCUT2D eigenvalue weighted by Crippen LogP contribution is 2.31. The molecule has 5 heteroatoms. The number of carbonyl (C=O) groups excluding carboxylic acids is 1. The molecule has 0 atom stereocenters. The van der Waals surface area contributed by atoms with E-state index in [2.05, 4.69) is 44.8 Å². The fourth-order valence-corrected chi connectivity index (χ4v) is 5.88. The first-order valence-corrected chi connectivity index (χ1v) is 12.6. The number of nitrogens with zero attached hydrogens (tertiary/aromatic N) is 2. The molecular weight excluding hydrogens is 448 g/mol. The molecule has 3 nitrogen and oxygen atoms in total. The quantitative estimate of drug-likeness (QED) is 0.462. The number of carbonyl (C=O) groups is 1. The number of hydrogen-bond donors (Lipinski definition) is 0. The average molecular weight is 484 g/mol. The highest BCUT2D eigenvalue weighted by molar-refractivity contribution is 9.10. The van der Waals surface area contributed by atoms with Gasteiger partial charge in [0.05, 0.1) is 0 Å². The molecule has 0 N–H and O–H groups in total. The largest absolute Gasteiger partial charge is 0.340 e. The molecule has 0 radical (unpaired) electrons. The van der Waals surface area contributed by atoms with E-state index >= 15 is 0 Å². The van der Waals surface area contributed by atoms with Crippen LogP contribution in [0.15, 0.2) is 22.7 Å². The van der Waals surface area contributed by atoms with Gasteiger partial charge in [0.1, 0.15) is 0 Å². The van der Waals surface area contributed by atoms with Crippen molar-refractivity contribution in [2.75, 3.05) is 26.2 Å². The fraction of sp³-hybridized carbons (Fsp3) is 0.708. The number of amides is 1. The standard InChI is InChI=1S/C24H36BrClN2O/c1-3-28(18(2)29)23-7-4-19(5-8-23)10-13-27-14-11-20(12-15-27)16-21-17-22(26)6-9-24(21)25/h6,9,17,19-20,23H,3-5,7-8,10-16H2,1-2H3. The summed E-state index contributed by atoms with van der Waals surface area (Å²) in [6.07, 6.45) is 9.97. The predicted molar refractivity (Wildman–Crippen MR) is 125 cm³/mol. The average Bonchev–Trinajstić information content (AvgIpc) is 2.71. The van der Waals surface area contributed by atoms with Crippen molar-refractivity contribution < 1.29 is 4.79 Å². The summed E-state index contributed by atoms with van der Waals surface area (Å²) in [5.74, 6) is 1.85. The lowest BCUT2D eigenvalue weighted by Crippen LogP contribution is -2.41. The topological polar surface area (TPSA) is 23.6 Å². The van der Waals surface area contributed by atoms with Crippen LogP contribution in [0.5, 0.6) is 0 Å². The van der Waals surface area contributed by atoms with Crippen LogP contribution in [-0.2, 0) is 11.2 Å². The van der Waals surface area contributed by atoms with Crippen LogP contribution >= 0.6 is 27.5 Å². The zero-order valence-corrected chi connectivity index (χ0v) is 20.3. The summed E-state index contributed by atoms with van der Waals surface area (Å²) in [4.78, 5) is 16.5. The highest BCUT2D eigenvalue weighted by Gasteiger charge is 2.27. The van der Waals surface area contributed by atoms with Crippen molar-refractivity contribution in [2.24, 2.45) is 11.8 Å². The van der Waals surface area contributed by atoms with Crippen molar-refractivity contribution in [3.05, 3.63) is 33.3 Å². The molecule has 162 valence electrons. The van der Waals surface area contributed by atoms with Crippen LogP contribution in [0.2, 0.25) is 5.02 Å². The van der Waals surface area contributed by atoms with Crippen LogP contribution in [0, 0.1) is 11.8 Å². The van der Waals surface area contributed by atoms with Gasteiger partial charge in [0.2, 0.25) is 5.91 Å². The Morgan fingerprint density at radius 1 is 1.14 bits per heavy atom. The molecule has 0 spiro atoms. The van der Waals surface area contributed by atoms with Crippen LogP contribution in [0.3, 0.4) is 0 Å². The first-order chi connectivity index (χ1) is 14.0. The molecule has 1 amide bonds. The Balaban J connectivity index is 1.35. The van der Waals surface area contributed by atoms with Gasteiger partial charge in [-0.3, -0.25) is 4.79 Å². The van der Waals surface area contributed by atoms with Crippen molar-refractivity contribution in [2.45, 2.75) is 71.3 Å². The van der Waals surface area contributed by atoms with Crippen molar-refractivity contribution in [3.63, 3.8) is 0 Å². The Hall–Kier alpha value is -0.580. The number of benzene rings is 1. The van der Waals surface area contributed by atoms with Crippen molar-refractivity contribution in [1.82, 2.24) is 9.80 Å². The molecule has 0 aromatic heterocycles. The highest BCUT2D eigenvalue weighted by atomic mass is 79.9. The molecule has 3 rings (SSSR count). The van der Waals surface area contributed by atoms with Gasteiger partial charge in [-0.05, 0) is 114 Å². The molecule has 1 saturated heterocycles.